The Morgan fingerprint density at radius 3 is 2.81 bits per heavy atom. The van der Waals surface area contributed by atoms with E-state index in [1.807, 2.05) is 0 Å². The molecule has 0 saturated carbocycles. The zero-order valence-corrected chi connectivity index (χ0v) is 10.1. The van der Waals surface area contributed by atoms with Gasteiger partial charge in [0.1, 0.15) is 0 Å². The molecule has 1 N–H and O–H groups in total. The second-order valence-corrected chi connectivity index (χ2v) is 5.10. The zero-order valence-electron chi connectivity index (χ0n) is 10.1. The van der Waals surface area contributed by atoms with Crippen LogP contribution in [0.2, 0.25) is 0 Å². The van der Waals surface area contributed by atoms with Gasteiger partial charge in [0.15, 0.2) is 0 Å². The topological polar surface area (TPSA) is 15.8 Å². The first-order chi connectivity index (χ1) is 7.65. The zero-order chi connectivity index (χ0) is 11.3. The van der Waals surface area contributed by atoms with Gasteiger partial charge in [0.05, 0.1) is 0 Å². The van der Waals surface area contributed by atoms with Gasteiger partial charge in [-0.25, -0.2) is 0 Å². The van der Waals surface area contributed by atoms with E-state index >= 15 is 0 Å². The van der Waals surface area contributed by atoms with Gasteiger partial charge in [0.25, 0.3) is 0 Å². The summed E-state index contributed by atoms with van der Waals surface area (Å²) in [5, 5.41) is 1.40. The summed E-state index contributed by atoms with van der Waals surface area (Å²) in [5.41, 5.74) is 7.00. The van der Waals surface area contributed by atoms with Gasteiger partial charge < -0.3 is 4.98 Å². The van der Waals surface area contributed by atoms with Crippen LogP contribution in [0.3, 0.4) is 0 Å². The summed E-state index contributed by atoms with van der Waals surface area (Å²) in [6, 6.07) is 6.70. The molecule has 0 bridgehead atoms. The quantitative estimate of drug-likeness (QED) is 0.731. The molecular weight excluding hydrogens is 194 g/mol. The minimum absolute atomic E-state index is 0.655. The molecule has 1 aliphatic carbocycles. The molecule has 1 nitrogen and oxygen atoms in total. The van der Waals surface area contributed by atoms with Gasteiger partial charge in [0, 0.05) is 16.6 Å². The van der Waals surface area contributed by atoms with Crippen LogP contribution in [-0.4, -0.2) is 4.98 Å². The predicted octanol–water partition coefficient (Wildman–Crippen LogP) is 4.07. The number of aromatic nitrogens is 1. The molecule has 0 atom stereocenters. The van der Waals surface area contributed by atoms with Gasteiger partial charge in [-0.1, -0.05) is 31.6 Å². The summed E-state index contributed by atoms with van der Waals surface area (Å²) in [5.74, 6) is 0.655. The average molecular weight is 211 g/mol. The molecule has 2 aromatic rings. The van der Waals surface area contributed by atoms with Gasteiger partial charge >= 0.3 is 0 Å². The van der Waals surface area contributed by atoms with E-state index in [0.717, 1.165) is 6.42 Å². The van der Waals surface area contributed by atoms with Crippen molar-refractivity contribution in [3.05, 3.63) is 40.6 Å². The summed E-state index contributed by atoms with van der Waals surface area (Å²) < 4.78 is 0. The maximum absolute atomic E-state index is 3.41. The van der Waals surface area contributed by atoms with Crippen molar-refractivity contribution in [1.29, 1.82) is 0 Å². The monoisotopic (exact) mass is 211 g/mol. The number of benzene rings is 1. The number of hydrogen-bond donors (Lipinski definition) is 1. The van der Waals surface area contributed by atoms with Crippen molar-refractivity contribution in [2.45, 2.75) is 27.2 Å². The van der Waals surface area contributed by atoms with Gasteiger partial charge in [-0.05, 0) is 42.5 Å². The number of H-pyrrole nitrogens is 1. The molecule has 16 heavy (non-hydrogen) atoms. The largest absolute Gasteiger partial charge is 0.359 e. The number of rotatable bonds is 1. The maximum Gasteiger partial charge on any atom is 0.0459 e. The standard InChI is InChI=1S/C15H17N/c1-9(2)12-7-11-4-5-15-14(13(11)8-12)6-10(3)16-15/h4-7,9,16H,8H2,1-3H3. The van der Waals surface area contributed by atoms with E-state index in [-0.39, 0.29) is 0 Å². The molecule has 0 saturated heterocycles. The van der Waals surface area contributed by atoms with Crippen molar-refractivity contribution in [3.63, 3.8) is 0 Å². The van der Waals surface area contributed by atoms with E-state index < -0.39 is 0 Å². The Hall–Kier alpha value is -1.50. The summed E-state index contributed by atoms with van der Waals surface area (Å²) in [6.45, 7) is 6.67. The van der Waals surface area contributed by atoms with Crippen LogP contribution in [0.15, 0.2) is 23.8 Å². The lowest BCUT2D eigenvalue weighted by atomic mass is 10.00. The summed E-state index contributed by atoms with van der Waals surface area (Å²) in [4.78, 5) is 3.41. The van der Waals surface area contributed by atoms with Crippen LogP contribution in [0.4, 0.5) is 0 Å². The number of hydrogen-bond acceptors (Lipinski definition) is 0. The molecule has 82 valence electrons. The molecule has 0 amide bonds. The number of aryl methyl sites for hydroxylation is 1. The van der Waals surface area contributed by atoms with Crippen molar-refractivity contribution in [3.8, 4) is 0 Å². The highest BCUT2D eigenvalue weighted by atomic mass is 14.7. The Morgan fingerprint density at radius 2 is 2.06 bits per heavy atom. The highest BCUT2D eigenvalue weighted by molar-refractivity contribution is 5.89. The predicted molar refractivity (Wildman–Crippen MR) is 69.6 cm³/mol. The van der Waals surface area contributed by atoms with E-state index in [1.165, 1.54) is 27.7 Å². The molecular formula is C15H17N. The fraction of sp³-hybridized carbons (Fsp3) is 0.333. The molecule has 1 aliphatic rings. The Labute approximate surface area is 96.2 Å². The SMILES string of the molecule is Cc1cc2c3c(ccc2[nH]1)C=C(C(C)C)C3. The number of fused-ring (bicyclic) bond motifs is 3. The highest BCUT2D eigenvalue weighted by Crippen LogP contribution is 2.34. The third-order valence-electron chi connectivity index (χ3n) is 3.55. The van der Waals surface area contributed by atoms with Crippen LogP contribution in [-0.2, 0) is 6.42 Å². The Balaban J connectivity index is 2.18. The second-order valence-electron chi connectivity index (χ2n) is 5.10. The molecule has 3 rings (SSSR count). The first-order valence-corrected chi connectivity index (χ1v) is 5.97. The third-order valence-corrected chi connectivity index (χ3v) is 3.55. The molecule has 0 aliphatic heterocycles. The molecule has 1 heterocycles. The van der Waals surface area contributed by atoms with Crippen LogP contribution in [0.1, 0.15) is 30.7 Å². The average Bonchev–Trinajstić information content (AvgIpc) is 2.77. The van der Waals surface area contributed by atoms with Crippen molar-refractivity contribution in [2.24, 2.45) is 5.92 Å². The molecule has 0 unspecified atom stereocenters. The minimum atomic E-state index is 0.655. The lowest BCUT2D eigenvalue weighted by Crippen LogP contribution is -1.93. The summed E-state index contributed by atoms with van der Waals surface area (Å²) in [6.07, 6.45) is 3.49. The summed E-state index contributed by atoms with van der Waals surface area (Å²) >= 11 is 0. The first kappa shape index (κ1) is 9.71. The molecule has 1 aromatic carbocycles. The van der Waals surface area contributed by atoms with Crippen LogP contribution in [0.5, 0.6) is 0 Å². The lowest BCUT2D eigenvalue weighted by molar-refractivity contribution is 0.755. The van der Waals surface area contributed by atoms with Gasteiger partial charge in [-0.2, -0.15) is 0 Å². The van der Waals surface area contributed by atoms with E-state index in [9.17, 15) is 0 Å². The van der Waals surface area contributed by atoms with E-state index in [2.05, 4.69) is 50.0 Å². The van der Waals surface area contributed by atoms with Gasteiger partial charge in [-0.3, -0.25) is 0 Å². The minimum Gasteiger partial charge on any atom is -0.359 e. The van der Waals surface area contributed by atoms with E-state index in [1.54, 1.807) is 5.57 Å². The molecule has 0 fully saturated rings. The van der Waals surface area contributed by atoms with Gasteiger partial charge in [0.2, 0.25) is 0 Å². The Kier molecular flexibility index (Phi) is 1.97. The molecule has 1 heteroatoms. The van der Waals surface area contributed by atoms with Crippen molar-refractivity contribution in [2.75, 3.05) is 0 Å². The van der Waals surface area contributed by atoms with Crippen molar-refractivity contribution in [1.82, 2.24) is 4.98 Å². The first-order valence-electron chi connectivity index (χ1n) is 5.97. The van der Waals surface area contributed by atoms with Crippen molar-refractivity contribution >= 4 is 17.0 Å². The number of aromatic amines is 1. The van der Waals surface area contributed by atoms with Crippen molar-refractivity contribution < 1.29 is 0 Å². The molecule has 0 radical (unpaired) electrons. The highest BCUT2D eigenvalue weighted by Gasteiger charge is 2.17. The molecule has 1 aromatic heterocycles. The Bertz CT molecular complexity index is 585. The Morgan fingerprint density at radius 1 is 1.25 bits per heavy atom. The van der Waals surface area contributed by atoms with Crippen LogP contribution in [0, 0.1) is 12.8 Å². The van der Waals surface area contributed by atoms with Crippen LogP contribution < -0.4 is 0 Å². The second kappa shape index (κ2) is 3.24. The smallest absolute Gasteiger partial charge is 0.0459 e. The maximum atomic E-state index is 3.41. The fourth-order valence-corrected chi connectivity index (χ4v) is 2.58. The van der Waals surface area contributed by atoms with E-state index in [4.69, 9.17) is 0 Å². The molecule has 0 spiro atoms. The lowest BCUT2D eigenvalue weighted by Gasteiger charge is -2.05. The van der Waals surface area contributed by atoms with Gasteiger partial charge in [-0.15, -0.1) is 0 Å². The van der Waals surface area contributed by atoms with Crippen LogP contribution in [0.25, 0.3) is 17.0 Å². The number of nitrogens with one attached hydrogen (secondary N) is 1. The van der Waals surface area contributed by atoms with E-state index in [0.29, 0.717) is 5.92 Å². The third kappa shape index (κ3) is 1.31. The normalized spacial score (nSPS) is 14.6. The van der Waals surface area contributed by atoms with Crippen LogP contribution >= 0.6 is 0 Å². The fourth-order valence-electron chi connectivity index (χ4n) is 2.58. The summed E-state index contributed by atoms with van der Waals surface area (Å²) in [7, 11) is 0. The number of allylic oxidation sites excluding steroid dienone is 1.